The number of nitrogens with one attached hydrogen (secondary N) is 1. The molecule has 1 N–H and O–H groups in total. The molecule has 0 aliphatic carbocycles. The second kappa shape index (κ2) is 7.98. The topological polar surface area (TPSA) is 60.0 Å². The molecular formula is C18H21ClN2O4. The molecule has 0 atom stereocenters. The van der Waals surface area contributed by atoms with Crippen LogP contribution < -0.4 is 24.4 Å². The molecule has 2 aromatic carbocycles. The molecule has 0 aliphatic rings. The molecule has 1 amide bonds. The van der Waals surface area contributed by atoms with E-state index in [0.29, 0.717) is 33.5 Å². The highest BCUT2D eigenvalue weighted by Crippen LogP contribution is 2.35. The zero-order valence-electron chi connectivity index (χ0n) is 14.8. The Labute approximate surface area is 152 Å². The van der Waals surface area contributed by atoms with Crippen LogP contribution in [0.15, 0.2) is 30.3 Å². The Bertz CT molecular complexity index is 778. The summed E-state index contributed by atoms with van der Waals surface area (Å²) in [6.45, 7) is 0. The van der Waals surface area contributed by atoms with Gasteiger partial charge in [-0.1, -0.05) is 11.6 Å². The maximum Gasteiger partial charge on any atom is 0.259 e. The lowest BCUT2D eigenvalue weighted by Gasteiger charge is -2.19. The van der Waals surface area contributed by atoms with Crippen molar-refractivity contribution in [3.63, 3.8) is 0 Å². The molecule has 0 spiro atoms. The predicted molar refractivity (Wildman–Crippen MR) is 99.8 cm³/mol. The minimum atomic E-state index is -0.344. The Morgan fingerprint density at radius 1 is 0.960 bits per heavy atom. The second-order valence-corrected chi connectivity index (χ2v) is 5.85. The molecule has 134 valence electrons. The van der Waals surface area contributed by atoms with Crippen molar-refractivity contribution in [1.29, 1.82) is 0 Å². The van der Waals surface area contributed by atoms with Gasteiger partial charge in [0, 0.05) is 31.3 Å². The first-order valence-electron chi connectivity index (χ1n) is 7.49. The van der Waals surface area contributed by atoms with Gasteiger partial charge in [0.15, 0.2) is 11.5 Å². The molecule has 7 heteroatoms. The molecule has 0 heterocycles. The first kappa shape index (κ1) is 18.7. The molecule has 0 saturated carbocycles. The summed E-state index contributed by atoms with van der Waals surface area (Å²) in [6.07, 6.45) is 0. The van der Waals surface area contributed by atoms with Crippen LogP contribution in [-0.4, -0.2) is 41.3 Å². The van der Waals surface area contributed by atoms with E-state index in [9.17, 15) is 4.79 Å². The summed E-state index contributed by atoms with van der Waals surface area (Å²) in [5.74, 6) is 0.951. The minimum absolute atomic E-state index is 0.324. The fraction of sp³-hybridized carbons (Fsp3) is 0.278. The number of amides is 1. The van der Waals surface area contributed by atoms with Gasteiger partial charge in [0.25, 0.3) is 5.91 Å². The Hall–Kier alpha value is -2.60. The van der Waals surface area contributed by atoms with E-state index in [1.165, 1.54) is 21.3 Å². The molecule has 0 radical (unpaired) electrons. The molecular weight excluding hydrogens is 344 g/mol. The number of carbonyl (C=O) groups is 1. The minimum Gasteiger partial charge on any atom is -0.496 e. The van der Waals surface area contributed by atoms with Gasteiger partial charge in [-0.05, 0) is 18.2 Å². The average molecular weight is 365 g/mol. The van der Waals surface area contributed by atoms with Crippen LogP contribution in [0.1, 0.15) is 10.4 Å². The summed E-state index contributed by atoms with van der Waals surface area (Å²) in [5.41, 5.74) is 1.75. The quantitative estimate of drug-likeness (QED) is 0.847. The van der Waals surface area contributed by atoms with E-state index in [4.69, 9.17) is 25.8 Å². The van der Waals surface area contributed by atoms with Crippen molar-refractivity contribution in [3.05, 3.63) is 40.9 Å². The van der Waals surface area contributed by atoms with Gasteiger partial charge in [-0.3, -0.25) is 4.79 Å². The summed E-state index contributed by atoms with van der Waals surface area (Å²) in [7, 11) is 8.29. The van der Waals surface area contributed by atoms with Gasteiger partial charge in [-0.15, -0.1) is 0 Å². The van der Waals surface area contributed by atoms with Crippen molar-refractivity contribution in [2.24, 2.45) is 0 Å². The highest BCUT2D eigenvalue weighted by Gasteiger charge is 2.19. The van der Waals surface area contributed by atoms with E-state index in [2.05, 4.69) is 5.32 Å². The van der Waals surface area contributed by atoms with E-state index in [-0.39, 0.29) is 5.91 Å². The third-order valence-corrected chi connectivity index (χ3v) is 3.87. The number of rotatable bonds is 6. The lowest BCUT2D eigenvalue weighted by atomic mass is 10.1. The highest BCUT2D eigenvalue weighted by atomic mass is 35.5. The van der Waals surface area contributed by atoms with Crippen LogP contribution in [0.2, 0.25) is 5.02 Å². The molecule has 2 rings (SSSR count). The Kier molecular flexibility index (Phi) is 5.98. The molecule has 0 aromatic heterocycles. The fourth-order valence-electron chi connectivity index (χ4n) is 2.39. The monoisotopic (exact) mass is 364 g/mol. The number of methoxy groups -OCH3 is 3. The third-order valence-electron chi connectivity index (χ3n) is 3.64. The van der Waals surface area contributed by atoms with Crippen LogP contribution in [0.25, 0.3) is 0 Å². The van der Waals surface area contributed by atoms with Crippen LogP contribution in [0.4, 0.5) is 11.4 Å². The fourth-order valence-corrected chi connectivity index (χ4v) is 2.57. The molecule has 0 aliphatic heterocycles. The first-order chi connectivity index (χ1) is 11.9. The van der Waals surface area contributed by atoms with Gasteiger partial charge in [0.05, 0.1) is 38.3 Å². The molecule has 0 saturated heterocycles. The van der Waals surface area contributed by atoms with Crippen LogP contribution in [0.3, 0.4) is 0 Å². The molecule has 25 heavy (non-hydrogen) atoms. The Balaban J connectivity index is 2.43. The molecule has 0 fully saturated rings. The van der Waals surface area contributed by atoms with Crippen LogP contribution in [-0.2, 0) is 0 Å². The van der Waals surface area contributed by atoms with Gasteiger partial charge in [0.2, 0.25) is 0 Å². The van der Waals surface area contributed by atoms with Crippen molar-refractivity contribution in [3.8, 4) is 17.2 Å². The summed E-state index contributed by atoms with van der Waals surface area (Å²) in [6, 6.07) is 8.49. The highest BCUT2D eigenvalue weighted by molar-refractivity contribution is 6.31. The second-order valence-electron chi connectivity index (χ2n) is 5.42. The molecule has 0 unspecified atom stereocenters. The number of nitrogens with zero attached hydrogens (tertiary/aromatic N) is 1. The maximum absolute atomic E-state index is 12.8. The van der Waals surface area contributed by atoms with Gasteiger partial charge in [-0.25, -0.2) is 0 Å². The van der Waals surface area contributed by atoms with E-state index >= 15 is 0 Å². The normalized spacial score (nSPS) is 10.2. The number of hydrogen-bond acceptors (Lipinski definition) is 5. The van der Waals surface area contributed by atoms with E-state index in [0.717, 1.165) is 5.69 Å². The molecule has 2 aromatic rings. The summed E-state index contributed by atoms with van der Waals surface area (Å²) < 4.78 is 15.8. The van der Waals surface area contributed by atoms with E-state index in [1.807, 2.05) is 25.1 Å². The van der Waals surface area contributed by atoms with Crippen molar-refractivity contribution >= 4 is 28.9 Å². The number of halogens is 1. The third kappa shape index (κ3) is 4.09. The summed E-state index contributed by atoms with van der Waals surface area (Å²) in [5, 5.41) is 3.40. The standard InChI is InChI=1S/C18H21ClN2O4/c1-21(2)14-7-6-11(19)8-13(14)20-18(22)12-9-16(24-4)17(25-5)10-15(12)23-3/h6-10H,1-5H3,(H,20,22). The van der Waals surface area contributed by atoms with Crippen LogP contribution in [0.5, 0.6) is 17.2 Å². The Morgan fingerprint density at radius 2 is 1.56 bits per heavy atom. The lowest BCUT2D eigenvalue weighted by molar-refractivity contribution is 0.102. The van der Waals surface area contributed by atoms with Crippen molar-refractivity contribution in [1.82, 2.24) is 0 Å². The largest absolute Gasteiger partial charge is 0.496 e. The zero-order chi connectivity index (χ0) is 18.6. The zero-order valence-corrected chi connectivity index (χ0v) is 15.6. The molecule has 6 nitrogen and oxygen atoms in total. The summed E-state index contributed by atoms with van der Waals surface area (Å²) in [4.78, 5) is 14.7. The van der Waals surface area contributed by atoms with Gasteiger partial charge in [0.1, 0.15) is 5.75 Å². The van der Waals surface area contributed by atoms with Crippen LogP contribution >= 0.6 is 11.6 Å². The van der Waals surface area contributed by atoms with Crippen molar-refractivity contribution < 1.29 is 19.0 Å². The number of carbonyl (C=O) groups excluding carboxylic acids is 1. The first-order valence-corrected chi connectivity index (χ1v) is 7.87. The average Bonchev–Trinajstić information content (AvgIpc) is 2.60. The van der Waals surface area contributed by atoms with Gasteiger partial charge >= 0.3 is 0 Å². The van der Waals surface area contributed by atoms with Gasteiger partial charge in [-0.2, -0.15) is 0 Å². The van der Waals surface area contributed by atoms with Crippen molar-refractivity contribution in [2.75, 3.05) is 45.6 Å². The van der Waals surface area contributed by atoms with Crippen LogP contribution in [0, 0.1) is 0 Å². The lowest BCUT2D eigenvalue weighted by Crippen LogP contribution is -2.17. The van der Waals surface area contributed by atoms with Crippen molar-refractivity contribution in [2.45, 2.75) is 0 Å². The smallest absolute Gasteiger partial charge is 0.259 e. The van der Waals surface area contributed by atoms with E-state index < -0.39 is 0 Å². The summed E-state index contributed by atoms with van der Waals surface area (Å²) >= 11 is 6.07. The number of anilines is 2. The predicted octanol–water partition coefficient (Wildman–Crippen LogP) is 3.68. The molecule has 0 bridgehead atoms. The number of ether oxygens (including phenoxy) is 3. The Morgan fingerprint density at radius 3 is 2.12 bits per heavy atom. The SMILES string of the molecule is COc1cc(OC)c(C(=O)Nc2cc(Cl)ccc2N(C)C)cc1OC. The van der Waals surface area contributed by atoms with E-state index in [1.54, 1.807) is 24.3 Å². The van der Waals surface area contributed by atoms with Gasteiger partial charge < -0.3 is 24.4 Å². The number of benzene rings is 2. The number of hydrogen-bond donors (Lipinski definition) is 1. The maximum atomic E-state index is 12.8.